The van der Waals surface area contributed by atoms with Crippen molar-refractivity contribution in [1.29, 1.82) is 0 Å². The van der Waals surface area contributed by atoms with Gasteiger partial charge in [0.05, 0.1) is 33.1 Å². The van der Waals surface area contributed by atoms with Crippen LogP contribution in [0.4, 0.5) is 0 Å². The minimum absolute atomic E-state index is 0.0565. The smallest absolute Gasteiger partial charge is 0.260 e. The van der Waals surface area contributed by atoms with Gasteiger partial charge in [-0.05, 0) is 103 Å². The van der Waals surface area contributed by atoms with Crippen LogP contribution in [-0.2, 0) is 10.8 Å². The van der Waals surface area contributed by atoms with E-state index in [9.17, 15) is 0 Å². The Morgan fingerprint density at radius 1 is 0.329 bits per heavy atom. The molecule has 346 valence electrons. The first-order chi connectivity index (χ1) is 35.5. The molecule has 0 aliphatic carbocycles. The third kappa shape index (κ3) is 5.57. The average Bonchev–Trinajstić information content (AvgIpc) is 4.15. The lowest BCUT2D eigenvalue weighted by Gasteiger charge is -2.34. The van der Waals surface area contributed by atoms with Crippen LogP contribution in [-0.4, -0.2) is 15.5 Å². The van der Waals surface area contributed by atoms with E-state index < -0.39 is 0 Å². The van der Waals surface area contributed by atoms with Crippen LogP contribution in [0.1, 0.15) is 52.7 Å². The van der Waals surface area contributed by atoms with Crippen molar-refractivity contribution in [1.82, 2.24) is 8.80 Å². The van der Waals surface area contributed by atoms with Crippen LogP contribution in [0.2, 0.25) is 0 Å². The summed E-state index contributed by atoms with van der Waals surface area (Å²) in [6, 6.07) is 70.1. The predicted octanol–water partition coefficient (Wildman–Crippen LogP) is 16.3. The molecule has 0 bridgehead atoms. The molecule has 0 spiro atoms. The number of nitrogens with zero attached hydrogens (tertiary/aromatic N) is 2. The Bertz CT molecular complexity index is 4390. The van der Waals surface area contributed by atoms with Crippen molar-refractivity contribution in [3.05, 3.63) is 199 Å². The molecule has 0 fully saturated rings. The van der Waals surface area contributed by atoms with Crippen LogP contribution in [0, 0.1) is 0 Å². The molecule has 16 rings (SSSR count). The van der Waals surface area contributed by atoms with E-state index in [2.05, 4.69) is 238 Å². The molecule has 2 aliphatic heterocycles. The Morgan fingerprint density at radius 2 is 0.740 bits per heavy atom. The summed E-state index contributed by atoms with van der Waals surface area (Å²) in [5.74, 6) is 3.48. The summed E-state index contributed by atoms with van der Waals surface area (Å²) < 4.78 is 20.2. The van der Waals surface area contributed by atoms with Crippen LogP contribution in [0.15, 0.2) is 188 Å². The second-order valence-electron chi connectivity index (χ2n) is 22.9. The number of benzene rings is 10. The predicted molar refractivity (Wildman–Crippen MR) is 307 cm³/mol. The zero-order valence-electron chi connectivity index (χ0n) is 41.7. The van der Waals surface area contributed by atoms with Gasteiger partial charge in [-0.2, -0.15) is 0 Å². The SMILES string of the molecule is CC(C)(C)c1cc(-c2cc3c4c(c2)Oc2c(ccc5c6cccc7c8cc(-c9ccccc9)ccc8n(c25)c76)B4c2ccc4c5cccc6c7cc(-c8ccccc8)ccc7n(c4c2O3)c65)cc(C(C)(C)C)c1. The molecule has 14 aromatic rings. The highest BCUT2D eigenvalue weighted by Gasteiger charge is 2.43. The monoisotopic (exact) mass is 936 g/mol. The summed E-state index contributed by atoms with van der Waals surface area (Å²) in [6.07, 6.45) is 0. The molecule has 4 nitrogen and oxygen atoms in total. The third-order valence-corrected chi connectivity index (χ3v) is 16.6. The molecule has 0 amide bonds. The number of hydrogen-bond donors (Lipinski definition) is 0. The second-order valence-corrected chi connectivity index (χ2v) is 22.9. The molecule has 0 N–H and O–H groups in total. The highest BCUT2D eigenvalue weighted by molar-refractivity contribution is 6.98. The van der Waals surface area contributed by atoms with Crippen LogP contribution < -0.4 is 25.9 Å². The highest BCUT2D eigenvalue weighted by Crippen LogP contribution is 2.49. The number of aromatic nitrogens is 2. The molecule has 10 aromatic carbocycles. The molecule has 2 aliphatic rings. The fourth-order valence-electron chi connectivity index (χ4n) is 13.0. The number of rotatable bonds is 3. The number of para-hydroxylation sites is 2. The third-order valence-electron chi connectivity index (χ3n) is 16.6. The molecule has 0 saturated heterocycles. The van der Waals surface area contributed by atoms with E-state index >= 15 is 0 Å². The number of hydrogen-bond acceptors (Lipinski definition) is 2. The summed E-state index contributed by atoms with van der Waals surface area (Å²) in [7, 11) is 0. The molecule has 0 saturated carbocycles. The largest absolute Gasteiger partial charge is 0.456 e. The van der Waals surface area contributed by atoms with Crippen molar-refractivity contribution in [3.63, 3.8) is 0 Å². The maximum Gasteiger partial charge on any atom is 0.260 e. The van der Waals surface area contributed by atoms with Gasteiger partial charge in [0.25, 0.3) is 6.71 Å². The van der Waals surface area contributed by atoms with Gasteiger partial charge in [-0.25, -0.2) is 0 Å². The van der Waals surface area contributed by atoms with Crippen molar-refractivity contribution in [3.8, 4) is 56.4 Å². The van der Waals surface area contributed by atoms with Crippen molar-refractivity contribution in [2.75, 3.05) is 0 Å². The zero-order chi connectivity index (χ0) is 48.8. The molecule has 5 heteroatoms. The quantitative estimate of drug-likeness (QED) is 0.165. The summed E-state index contributed by atoms with van der Waals surface area (Å²) in [4.78, 5) is 0. The molecule has 4 aromatic heterocycles. The van der Waals surface area contributed by atoms with E-state index in [1.165, 1.54) is 98.5 Å². The van der Waals surface area contributed by atoms with Crippen molar-refractivity contribution >= 4 is 99.3 Å². The van der Waals surface area contributed by atoms with Gasteiger partial charge in [0.1, 0.15) is 23.0 Å². The first kappa shape index (κ1) is 41.1. The van der Waals surface area contributed by atoms with Crippen molar-refractivity contribution in [2.24, 2.45) is 0 Å². The highest BCUT2D eigenvalue weighted by atomic mass is 16.5. The van der Waals surface area contributed by atoms with E-state index in [-0.39, 0.29) is 17.5 Å². The fraction of sp³-hybridized carbons (Fsp3) is 0.118. The van der Waals surface area contributed by atoms with E-state index in [0.29, 0.717) is 0 Å². The second kappa shape index (κ2) is 14.1. The van der Waals surface area contributed by atoms with Gasteiger partial charge < -0.3 is 18.3 Å². The van der Waals surface area contributed by atoms with Crippen molar-refractivity contribution < 1.29 is 9.47 Å². The Hall–Kier alpha value is -8.54. The van der Waals surface area contributed by atoms with Gasteiger partial charge in [-0.1, -0.05) is 193 Å². The Kier molecular flexibility index (Phi) is 7.95. The average molecular weight is 937 g/mol. The Labute approximate surface area is 423 Å². The van der Waals surface area contributed by atoms with Crippen LogP contribution in [0.3, 0.4) is 0 Å². The molecular formula is C68H49BN2O2. The fourth-order valence-corrected chi connectivity index (χ4v) is 13.0. The molecule has 0 radical (unpaired) electrons. The minimum atomic E-state index is -0.162. The Balaban J connectivity index is 1.000. The van der Waals surface area contributed by atoms with Crippen LogP contribution in [0.25, 0.3) is 110 Å². The van der Waals surface area contributed by atoms with Crippen LogP contribution >= 0.6 is 0 Å². The Morgan fingerprint density at radius 3 is 1.18 bits per heavy atom. The maximum absolute atomic E-state index is 7.59. The standard InChI is InChI=1S/C68H49BN2O2/c1-67(2,3)44-31-42(32-45(37-44)68(4,5)6)43-35-58-60-59(36-43)73-66-55(28-26-51-47-20-14-22-49-53-34-41(39-17-11-8-12-18-39)24-30-57(53)71(62(47)49)64(51)66)69(60)54-27-25-50-46-19-13-21-48-52-33-40(38-15-9-7-10-16-38)23-29-56(52)70(61(46)48)63(50)65(54)72-58/h7-37H,1-6H3. The lowest BCUT2D eigenvalue weighted by molar-refractivity contribution is 0.469. The van der Waals surface area contributed by atoms with Crippen molar-refractivity contribution in [2.45, 2.75) is 52.4 Å². The van der Waals surface area contributed by atoms with E-state index in [4.69, 9.17) is 9.47 Å². The summed E-state index contributed by atoms with van der Waals surface area (Å²) in [5.41, 5.74) is 19.9. The van der Waals surface area contributed by atoms with Crippen LogP contribution in [0.5, 0.6) is 23.0 Å². The van der Waals surface area contributed by atoms with Gasteiger partial charge in [-0.3, -0.25) is 0 Å². The minimum Gasteiger partial charge on any atom is -0.456 e. The molecule has 0 unspecified atom stereocenters. The number of fused-ring (bicyclic) bond motifs is 18. The summed E-state index contributed by atoms with van der Waals surface area (Å²) in [6.45, 7) is 13.7. The summed E-state index contributed by atoms with van der Waals surface area (Å²) >= 11 is 0. The summed E-state index contributed by atoms with van der Waals surface area (Å²) in [5, 5.41) is 9.81. The number of ether oxygens (including phenoxy) is 2. The molecule has 0 atom stereocenters. The van der Waals surface area contributed by atoms with E-state index in [0.717, 1.165) is 61.5 Å². The van der Waals surface area contributed by atoms with E-state index in [1.807, 2.05) is 0 Å². The molecule has 73 heavy (non-hydrogen) atoms. The molecule has 6 heterocycles. The van der Waals surface area contributed by atoms with Gasteiger partial charge in [0, 0.05) is 48.6 Å². The van der Waals surface area contributed by atoms with Gasteiger partial charge in [-0.15, -0.1) is 0 Å². The maximum atomic E-state index is 7.59. The lowest BCUT2D eigenvalue weighted by atomic mass is 9.34. The topological polar surface area (TPSA) is 27.3 Å². The first-order valence-electron chi connectivity index (χ1n) is 25.8. The van der Waals surface area contributed by atoms with Gasteiger partial charge >= 0.3 is 0 Å². The van der Waals surface area contributed by atoms with Gasteiger partial charge in [0.15, 0.2) is 0 Å². The normalized spacial score (nSPS) is 13.5. The lowest BCUT2D eigenvalue weighted by Crippen LogP contribution is -2.57. The zero-order valence-corrected chi connectivity index (χ0v) is 41.7. The van der Waals surface area contributed by atoms with Gasteiger partial charge in [0.2, 0.25) is 0 Å². The van der Waals surface area contributed by atoms with E-state index in [1.54, 1.807) is 0 Å². The first-order valence-corrected chi connectivity index (χ1v) is 25.8. The molecular weight excluding hydrogens is 888 g/mol.